The van der Waals surface area contributed by atoms with Crippen molar-refractivity contribution in [1.29, 1.82) is 0 Å². The largest absolute Gasteiger partial charge is 0.486 e. The summed E-state index contributed by atoms with van der Waals surface area (Å²) in [7, 11) is 0. The first-order valence-electron chi connectivity index (χ1n) is 5.64. The summed E-state index contributed by atoms with van der Waals surface area (Å²) in [5, 5.41) is 12.5. The van der Waals surface area contributed by atoms with E-state index in [9.17, 15) is 4.39 Å². The number of ether oxygens (including phenoxy) is 1. The number of aromatic nitrogens is 2. The fraction of sp³-hybridized carbons (Fsp3) is 0.333. The molecule has 96 valence electrons. The average Bonchev–Trinajstić information content (AvgIpc) is 2.79. The summed E-state index contributed by atoms with van der Waals surface area (Å²) in [4.78, 5) is 0. The first-order valence-corrected chi connectivity index (χ1v) is 6.46. The Morgan fingerprint density at radius 2 is 2.22 bits per heavy atom. The zero-order valence-corrected chi connectivity index (χ0v) is 11.1. The molecule has 0 aliphatic carbocycles. The first kappa shape index (κ1) is 12.8. The molecular weight excluding hydrogens is 253 g/mol. The Balaban J connectivity index is 1.95. The molecule has 0 aliphatic heterocycles. The average molecular weight is 267 g/mol. The van der Waals surface area contributed by atoms with Crippen LogP contribution in [0.25, 0.3) is 0 Å². The van der Waals surface area contributed by atoms with E-state index in [0.29, 0.717) is 17.9 Å². The van der Waals surface area contributed by atoms with E-state index in [0.717, 1.165) is 16.7 Å². The molecule has 1 aromatic carbocycles. The normalized spacial score (nSPS) is 10.4. The SMILES string of the molecule is CCNc1nnc(COc2ccc(C)c(F)c2)s1. The molecule has 2 rings (SSSR count). The number of benzene rings is 1. The summed E-state index contributed by atoms with van der Waals surface area (Å²) in [6, 6.07) is 4.81. The van der Waals surface area contributed by atoms with Crippen molar-refractivity contribution in [1.82, 2.24) is 10.2 Å². The van der Waals surface area contributed by atoms with Crippen molar-refractivity contribution in [2.45, 2.75) is 20.5 Å². The minimum absolute atomic E-state index is 0.266. The van der Waals surface area contributed by atoms with E-state index in [1.807, 2.05) is 6.92 Å². The second-order valence-corrected chi connectivity index (χ2v) is 4.79. The lowest BCUT2D eigenvalue weighted by molar-refractivity contribution is 0.303. The van der Waals surface area contributed by atoms with Gasteiger partial charge in [0.2, 0.25) is 5.13 Å². The van der Waals surface area contributed by atoms with E-state index in [-0.39, 0.29) is 5.82 Å². The van der Waals surface area contributed by atoms with E-state index >= 15 is 0 Å². The molecule has 0 saturated heterocycles. The lowest BCUT2D eigenvalue weighted by Crippen LogP contribution is -1.95. The fourth-order valence-corrected chi connectivity index (χ4v) is 2.06. The number of hydrogen-bond donors (Lipinski definition) is 1. The van der Waals surface area contributed by atoms with Gasteiger partial charge in [0.05, 0.1) is 0 Å². The van der Waals surface area contributed by atoms with Gasteiger partial charge in [0.25, 0.3) is 0 Å². The molecule has 1 aromatic heterocycles. The molecule has 0 fully saturated rings. The van der Waals surface area contributed by atoms with Crippen LogP contribution in [0.1, 0.15) is 17.5 Å². The van der Waals surface area contributed by atoms with Gasteiger partial charge < -0.3 is 10.1 Å². The topological polar surface area (TPSA) is 47.0 Å². The Kier molecular flexibility index (Phi) is 4.09. The number of aryl methyl sites for hydroxylation is 1. The van der Waals surface area contributed by atoms with Crippen LogP contribution in [0.4, 0.5) is 9.52 Å². The fourth-order valence-electron chi connectivity index (χ4n) is 1.34. The number of anilines is 1. The molecule has 0 amide bonds. The Labute approximate surface area is 109 Å². The third-order valence-electron chi connectivity index (χ3n) is 2.30. The summed E-state index contributed by atoms with van der Waals surface area (Å²) < 4.78 is 18.8. The van der Waals surface area contributed by atoms with E-state index in [1.54, 1.807) is 19.1 Å². The standard InChI is InChI=1S/C12H14FN3OS/c1-3-14-12-16-15-11(18-12)7-17-9-5-4-8(2)10(13)6-9/h4-6H,3,7H2,1-2H3,(H,14,16). The van der Waals surface area contributed by atoms with Crippen molar-refractivity contribution < 1.29 is 9.13 Å². The molecule has 0 atom stereocenters. The molecule has 0 aliphatic rings. The van der Waals surface area contributed by atoms with Crippen molar-refractivity contribution in [2.75, 3.05) is 11.9 Å². The number of nitrogens with one attached hydrogen (secondary N) is 1. The maximum absolute atomic E-state index is 13.3. The molecule has 1 N–H and O–H groups in total. The lowest BCUT2D eigenvalue weighted by atomic mass is 10.2. The Hall–Kier alpha value is -1.69. The Morgan fingerprint density at radius 3 is 2.94 bits per heavy atom. The van der Waals surface area contributed by atoms with Gasteiger partial charge in [0.15, 0.2) is 5.01 Å². The summed E-state index contributed by atoms with van der Waals surface area (Å²) >= 11 is 1.43. The van der Waals surface area contributed by atoms with Crippen molar-refractivity contribution in [3.05, 3.63) is 34.6 Å². The van der Waals surface area contributed by atoms with Gasteiger partial charge in [-0.25, -0.2) is 4.39 Å². The number of halogens is 1. The molecule has 4 nitrogen and oxygen atoms in total. The van der Waals surface area contributed by atoms with E-state index in [4.69, 9.17) is 4.74 Å². The Morgan fingerprint density at radius 1 is 1.39 bits per heavy atom. The number of nitrogens with zero attached hydrogens (tertiary/aromatic N) is 2. The maximum atomic E-state index is 13.3. The minimum Gasteiger partial charge on any atom is -0.486 e. The van der Waals surface area contributed by atoms with Gasteiger partial charge in [-0.3, -0.25) is 0 Å². The summed E-state index contributed by atoms with van der Waals surface area (Å²) in [6.07, 6.45) is 0. The van der Waals surface area contributed by atoms with Crippen molar-refractivity contribution >= 4 is 16.5 Å². The highest BCUT2D eigenvalue weighted by Gasteiger charge is 2.05. The van der Waals surface area contributed by atoms with E-state index < -0.39 is 0 Å². The van der Waals surface area contributed by atoms with Crippen LogP contribution in [0.5, 0.6) is 5.75 Å². The Bertz CT molecular complexity index is 530. The number of rotatable bonds is 5. The third-order valence-corrected chi connectivity index (χ3v) is 3.15. The molecule has 6 heteroatoms. The predicted octanol–water partition coefficient (Wildman–Crippen LogP) is 3.00. The van der Waals surface area contributed by atoms with Crippen LogP contribution in [0.15, 0.2) is 18.2 Å². The molecule has 1 heterocycles. The highest BCUT2D eigenvalue weighted by Crippen LogP contribution is 2.19. The highest BCUT2D eigenvalue weighted by molar-refractivity contribution is 7.15. The van der Waals surface area contributed by atoms with Gasteiger partial charge >= 0.3 is 0 Å². The maximum Gasteiger partial charge on any atom is 0.205 e. The predicted molar refractivity (Wildman–Crippen MR) is 69.5 cm³/mol. The molecular formula is C12H14FN3OS. The quantitative estimate of drug-likeness (QED) is 0.904. The van der Waals surface area contributed by atoms with Gasteiger partial charge in [-0.1, -0.05) is 17.4 Å². The van der Waals surface area contributed by atoms with Crippen LogP contribution >= 0.6 is 11.3 Å². The number of hydrogen-bond acceptors (Lipinski definition) is 5. The van der Waals surface area contributed by atoms with Crippen molar-refractivity contribution in [3.8, 4) is 5.75 Å². The smallest absolute Gasteiger partial charge is 0.205 e. The first-order chi connectivity index (χ1) is 8.69. The van der Waals surface area contributed by atoms with Crippen LogP contribution in [-0.4, -0.2) is 16.7 Å². The molecule has 0 spiro atoms. The van der Waals surface area contributed by atoms with E-state index in [2.05, 4.69) is 15.5 Å². The van der Waals surface area contributed by atoms with Gasteiger partial charge in [-0.15, -0.1) is 10.2 Å². The lowest BCUT2D eigenvalue weighted by Gasteiger charge is -2.04. The zero-order chi connectivity index (χ0) is 13.0. The van der Waals surface area contributed by atoms with Gasteiger partial charge in [0.1, 0.15) is 18.2 Å². The molecule has 0 bridgehead atoms. The van der Waals surface area contributed by atoms with Gasteiger partial charge in [-0.2, -0.15) is 0 Å². The van der Waals surface area contributed by atoms with Crippen molar-refractivity contribution in [3.63, 3.8) is 0 Å². The van der Waals surface area contributed by atoms with Gasteiger partial charge in [0, 0.05) is 12.6 Å². The molecule has 0 radical (unpaired) electrons. The second-order valence-electron chi connectivity index (χ2n) is 3.73. The molecule has 2 aromatic rings. The van der Waals surface area contributed by atoms with Crippen molar-refractivity contribution in [2.24, 2.45) is 0 Å². The van der Waals surface area contributed by atoms with E-state index in [1.165, 1.54) is 17.4 Å². The third kappa shape index (κ3) is 3.16. The highest BCUT2D eigenvalue weighted by atomic mass is 32.1. The molecule has 18 heavy (non-hydrogen) atoms. The molecule has 0 unspecified atom stereocenters. The van der Waals surface area contributed by atoms with Crippen LogP contribution in [0, 0.1) is 12.7 Å². The van der Waals surface area contributed by atoms with Gasteiger partial charge in [-0.05, 0) is 25.5 Å². The summed E-state index contributed by atoms with van der Waals surface area (Å²) in [5.74, 6) is 0.233. The summed E-state index contributed by atoms with van der Waals surface area (Å²) in [6.45, 7) is 4.81. The second kappa shape index (κ2) is 5.77. The minimum atomic E-state index is -0.266. The van der Waals surface area contributed by atoms with Crippen LogP contribution in [0.2, 0.25) is 0 Å². The zero-order valence-electron chi connectivity index (χ0n) is 10.2. The van der Waals surface area contributed by atoms with Crippen LogP contribution in [0.3, 0.4) is 0 Å². The van der Waals surface area contributed by atoms with Crippen LogP contribution < -0.4 is 10.1 Å². The summed E-state index contributed by atoms with van der Waals surface area (Å²) in [5.41, 5.74) is 0.604. The monoisotopic (exact) mass is 267 g/mol. The van der Waals surface area contributed by atoms with Crippen LogP contribution in [-0.2, 0) is 6.61 Å². The molecule has 0 saturated carbocycles.